The van der Waals surface area contributed by atoms with Gasteiger partial charge in [-0.05, 0) is 38.5 Å². The number of nitro groups is 1. The van der Waals surface area contributed by atoms with Gasteiger partial charge in [-0.3, -0.25) is 10.1 Å². The van der Waals surface area contributed by atoms with Gasteiger partial charge in [0.2, 0.25) is 11.1 Å². The average Bonchev–Trinajstić information content (AvgIpc) is 2.32. The van der Waals surface area contributed by atoms with E-state index in [4.69, 9.17) is 11.6 Å². The number of anilines is 1. The third-order valence-electron chi connectivity index (χ3n) is 2.90. The van der Waals surface area contributed by atoms with Gasteiger partial charge in [0.25, 0.3) is 0 Å². The third kappa shape index (κ3) is 5.09. The molecule has 0 aliphatic rings. The number of aromatic nitrogens is 2. The van der Waals surface area contributed by atoms with Gasteiger partial charge >= 0.3 is 5.69 Å². The maximum Gasteiger partial charge on any atom is 0.332 e. The zero-order valence-corrected chi connectivity index (χ0v) is 13.9. The molecule has 0 atom stereocenters. The van der Waals surface area contributed by atoms with Crippen LogP contribution in [0.25, 0.3) is 0 Å². The Balaban J connectivity index is 3.24. The first kappa shape index (κ1) is 17.6. The molecule has 0 N–H and O–H groups in total. The van der Waals surface area contributed by atoms with Gasteiger partial charge in [-0.25, -0.2) is 4.98 Å². The van der Waals surface area contributed by atoms with Crippen molar-refractivity contribution in [2.45, 2.75) is 20.8 Å². The summed E-state index contributed by atoms with van der Waals surface area (Å²) in [5, 5.41) is 11.4. The number of likely N-dealkylation sites (N-methyl/N-ethyl adjacent to an activating group) is 1. The Labute approximate surface area is 130 Å². The lowest BCUT2D eigenvalue weighted by Crippen LogP contribution is -2.35. The first-order valence-corrected chi connectivity index (χ1v) is 7.18. The molecule has 1 rings (SSSR count). The van der Waals surface area contributed by atoms with E-state index in [0.29, 0.717) is 24.8 Å². The largest absolute Gasteiger partial charge is 0.349 e. The molecule has 118 valence electrons. The highest BCUT2D eigenvalue weighted by Gasteiger charge is 2.26. The molecular weight excluding hydrogens is 294 g/mol. The fourth-order valence-electron chi connectivity index (χ4n) is 2.00. The van der Waals surface area contributed by atoms with Crippen LogP contribution < -0.4 is 4.90 Å². The van der Waals surface area contributed by atoms with Crippen LogP contribution in [0.3, 0.4) is 0 Å². The van der Waals surface area contributed by atoms with Gasteiger partial charge in [0, 0.05) is 19.6 Å². The molecule has 0 radical (unpaired) electrons. The number of halogens is 1. The second-order valence-electron chi connectivity index (χ2n) is 5.65. The van der Waals surface area contributed by atoms with Crippen LogP contribution in [0.4, 0.5) is 11.5 Å². The Morgan fingerprint density at radius 3 is 2.38 bits per heavy atom. The molecule has 0 saturated heterocycles. The Hall–Kier alpha value is -1.47. The second-order valence-corrected chi connectivity index (χ2v) is 5.99. The molecule has 1 aromatic rings. The summed E-state index contributed by atoms with van der Waals surface area (Å²) in [5.41, 5.74) is 0.215. The summed E-state index contributed by atoms with van der Waals surface area (Å²) in [6.45, 7) is 7.77. The highest BCUT2D eigenvalue weighted by atomic mass is 35.5. The van der Waals surface area contributed by atoms with Crippen molar-refractivity contribution in [3.63, 3.8) is 0 Å². The van der Waals surface area contributed by atoms with E-state index in [2.05, 4.69) is 23.8 Å². The predicted octanol–water partition coefficient (Wildman–Crippen LogP) is 2.37. The first-order valence-electron chi connectivity index (χ1n) is 6.80. The summed E-state index contributed by atoms with van der Waals surface area (Å²) in [4.78, 5) is 22.8. The van der Waals surface area contributed by atoms with Crippen molar-refractivity contribution in [3.05, 3.63) is 21.1 Å². The Bertz CT molecular complexity index is 508. The van der Waals surface area contributed by atoms with Crippen LogP contribution in [0.2, 0.25) is 5.28 Å². The highest BCUT2D eigenvalue weighted by Crippen LogP contribution is 2.30. The van der Waals surface area contributed by atoms with Gasteiger partial charge in [-0.15, -0.1) is 0 Å². The van der Waals surface area contributed by atoms with Gasteiger partial charge < -0.3 is 9.80 Å². The van der Waals surface area contributed by atoms with E-state index in [0.717, 1.165) is 6.54 Å². The van der Waals surface area contributed by atoms with E-state index in [-0.39, 0.29) is 16.7 Å². The Morgan fingerprint density at radius 2 is 1.90 bits per heavy atom. The molecule has 0 bridgehead atoms. The van der Waals surface area contributed by atoms with Gasteiger partial charge in [0.15, 0.2) is 0 Å². The summed E-state index contributed by atoms with van der Waals surface area (Å²) >= 11 is 5.89. The molecule has 1 heterocycles. The van der Waals surface area contributed by atoms with Crippen LogP contribution in [-0.4, -0.2) is 53.5 Å². The van der Waals surface area contributed by atoms with Gasteiger partial charge in [0.05, 0.1) is 4.92 Å². The molecular formula is C13H22ClN5O2. The van der Waals surface area contributed by atoms with Crippen LogP contribution in [0, 0.1) is 23.0 Å². The van der Waals surface area contributed by atoms with Gasteiger partial charge in [0.1, 0.15) is 5.69 Å². The van der Waals surface area contributed by atoms with Crippen LogP contribution in [0.1, 0.15) is 19.5 Å². The fraction of sp³-hybridized carbons (Fsp3) is 0.692. The van der Waals surface area contributed by atoms with Crippen molar-refractivity contribution in [1.29, 1.82) is 0 Å². The first-order chi connectivity index (χ1) is 9.72. The highest BCUT2D eigenvalue weighted by molar-refractivity contribution is 6.28. The van der Waals surface area contributed by atoms with E-state index in [9.17, 15) is 10.1 Å². The molecule has 0 aromatic carbocycles. The quantitative estimate of drug-likeness (QED) is 0.437. The summed E-state index contributed by atoms with van der Waals surface area (Å²) in [6, 6.07) is 0. The molecule has 0 aliphatic heterocycles. The molecule has 0 fully saturated rings. The minimum Gasteiger partial charge on any atom is -0.349 e. The van der Waals surface area contributed by atoms with Crippen molar-refractivity contribution < 1.29 is 4.92 Å². The Morgan fingerprint density at radius 1 is 1.29 bits per heavy atom. The molecule has 0 spiro atoms. The molecule has 0 unspecified atom stereocenters. The van der Waals surface area contributed by atoms with E-state index in [1.165, 1.54) is 0 Å². The molecule has 7 nitrogen and oxygen atoms in total. The van der Waals surface area contributed by atoms with Crippen LogP contribution in [-0.2, 0) is 0 Å². The molecule has 0 amide bonds. The lowest BCUT2D eigenvalue weighted by molar-refractivity contribution is -0.385. The van der Waals surface area contributed by atoms with Crippen molar-refractivity contribution in [2.75, 3.05) is 38.6 Å². The summed E-state index contributed by atoms with van der Waals surface area (Å²) in [6.07, 6.45) is 0. The number of nitrogens with zero attached hydrogens (tertiary/aromatic N) is 5. The molecule has 1 aromatic heterocycles. The number of aryl methyl sites for hydroxylation is 1. The monoisotopic (exact) mass is 315 g/mol. The van der Waals surface area contributed by atoms with E-state index >= 15 is 0 Å². The van der Waals surface area contributed by atoms with E-state index in [1.807, 2.05) is 23.9 Å². The minimum atomic E-state index is -0.440. The van der Waals surface area contributed by atoms with Gasteiger partial charge in [-0.1, -0.05) is 13.8 Å². The normalized spacial score (nSPS) is 11.2. The molecule has 8 heteroatoms. The minimum absolute atomic E-state index is 0.0340. The number of hydrogen-bond acceptors (Lipinski definition) is 6. The van der Waals surface area contributed by atoms with Crippen molar-refractivity contribution in [3.8, 4) is 0 Å². The second kappa shape index (κ2) is 7.51. The summed E-state index contributed by atoms with van der Waals surface area (Å²) in [7, 11) is 3.92. The standard InChI is InChI=1S/C13H22ClN5O2/c1-9(2)8-18(7-6-17(4)5)12-11(19(20)21)10(3)15-13(14)16-12/h9H,6-8H2,1-5H3. The molecule has 0 saturated carbocycles. The van der Waals surface area contributed by atoms with E-state index in [1.54, 1.807) is 6.92 Å². The van der Waals surface area contributed by atoms with Crippen molar-refractivity contribution in [2.24, 2.45) is 5.92 Å². The van der Waals surface area contributed by atoms with Crippen LogP contribution in [0.15, 0.2) is 0 Å². The molecule has 0 aliphatic carbocycles. The fourth-order valence-corrected chi connectivity index (χ4v) is 2.20. The van der Waals surface area contributed by atoms with Crippen LogP contribution in [0.5, 0.6) is 0 Å². The molecule has 21 heavy (non-hydrogen) atoms. The van der Waals surface area contributed by atoms with Crippen LogP contribution >= 0.6 is 11.6 Å². The lowest BCUT2D eigenvalue weighted by Gasteiger charge is -2.27. The number of rotatable bonds is 7. The van der Waals surface area contributed by atoms with Crippen molar-refractivity contribution in [1.82, 2.24) is 14.9 Å². The van der Waals surface area contributed by atoms with E-state index < -0.39 is 4.92 Å². The summed E-state index contributed by atoms with van der Waals surface area (Å²) < 4.78 is 0. The maximum atomic E-state index is 11.3. The summed E-state index contributed by atoms with van der Waals surface area (Å²) in [5.74, 6) is 0.647. The third-order valence-corrected chi connectivity index (χ3v) is 3.07. The zero-order valence-electron chi connectivity index (χ0n) is 13.1. The number of hydrogen-bond donors (Lipinski definition) is 0. The lowest BCUT2D eigenvalue weighted by atomic mass is 10.2. The predicted molar refractivity (Wildman–Crippen MR) is 84.0 cm³/mol. The zero-order chi connectivity index (χ0) is 16.2. The topological polar surface area (TPSA) is 75.4 Å². The van der Waals surface area contributed by atoms with Gasteiger partial charge in [-0.2, -0.15) is 4.98 Å². The smallest absolute Gasteiger partial charge is 0.332 e. The SMILES string of the molecule is Cc1nc(Cl)nc(N(CCN(C)C)CC(C)C)c1[N+](=O)[O-]. The maximum absolute atomic E-state index is 11.3. The average molecular weight is 316 g/mol. The Kier molecular flexibility index (Phi) is 6.29. The van der Waals surface area contributed by atoms with Crippen molar-refractivity contribution >= 4 is 23.1 Å².